The zero-order valence-electron chi connectivity index (χ0n) is 11.1. The van der Waals surface area contributed by atoms with E-state index in [9.17, 15) is 13.2 Å². The lowest BCUT2D eigenvalue weighted by molar-refractivity contribution is 0.0804. The standard InChI is InChI=1S/C13H17NO5S/c1-20(16,17)19-12-7-11(8-12)14-13(15)18-9-10-5-3-2-4-6-10/h2-6,11-12H,7-9H2,1H3,(H,14,15). The van der Waals surface area contributed by atoms with Crippen LogP contribution in [0, 0.1) is 0 Å². The highest BCUT2D eigenvalue weighted by Crippen LogP contribution is 2.24. The van der Waals surface area contributed by atoms with Gasteiger partial charge in [0.2, 0.25) is 0 Å². The number of carbonyl (C=O) groups excluding carboxylic acids is 1. The lowest BCUT2D eigenvalue weighted by atomic mass is 9.90. The van der Waals surface area contributed by atoms with E-state index in [-0.39, 0.29) is 18.8 Å². The zero-order chi connectivity index (χ0) is 14.6. The van der Waals surface area contributed by atoms with Crippen molar-refractivity contribution < 1.29 is 22.1 Å². The van der Waals surface area contributed by atoms with Crippen LogP contribution in [0.4, 0.5) is 4.79 Å². The second-order valence-corrected chi connectivity index (χ2v) is 6.40. The van der Waals surface area contributed by atoms with Gasteiger partial charge in [-0.25, -0.2) is 4.79 Å². The van der Waals surface area contributed by atoms with Crippen molar-refractivity contribution in [3.05, 3.63) is 35.9 Å². The second kappa shape index (κ2) is 6.23. The van der Waals surface area contributed by atoms with Crippen LogP contribution >= 0.6 is 0 Å². The molecule has 1 saturated carbocycles. The van der Waals surface area contributed by atoms with E-state index in [4.69, 9.17) is 8.92 Å². The Bertz CT molecular complexity index is 551. The minimum atomic E-state index is -3.43. The molecule has 0 atom stereocenters. The van der Waals surface area contributed by atoms with Crippen molar-refractivity contribution in [2.24, 2.45) is 0 Å². The number of hydrogen-bond acceptors (Lipinski definition) is 5. The number of hydrogen-bond donors (Lipinski definition) is 1. The Kier molecular flexibility index (Phi) is 4.61. The molecule has 1 aromatic rings. The van der Waals surface area contributed by atoms with Crippen LogP contribution in [0.2, 0.25) is 0 Å². The Hall–Kier alpha value is -1.60. The van der Waals surface area contributed by atoms with Gasteiger partial charge in [0.05, 0.1) is 12.4 Å². The third-order valence-electron chi connectivity index (χ3n) is 2.94. The molecule has 0 unspecified atom stereocenters. The van der Waals surface area contributed by atoms with Crippen LogP contribution in [0.25, 0.3) is 0 Å². The minimum absolute atomic E-state index is 0.0926. The fourth-order valence-corrected chi connectivity index (χ4v) is 2.59. The highest BCUT2D eigenvalue weighted by atomic mass is 32.2. The van der Waals surface area contributed by atoms with E-state index in [2.05, 4.69) is 5.32 Å². The van der Waals surface area contributed by atoms with Gasteiger partial charge < -0.3 is 10.1 Å². The SMILES string of the molecule is CS(=O)(=O)OC1CC(NC(=O)OCc2ccccc2)C1. The normalized spacial score (nSPS) is 21.9. The first-order chi connectivity index (χ1) is 9.42. The molecule has 1 fully saturated rings. The molecule has 7 heteroatoms. The Morgan fingerprint density at radius 2 is 1.95 bits per heavy atom. The van der Waals surface area contributed by atoms with Gasteiger partial charge in [-0.15, -0.1) is 0 Å². The summed E-state index contributed by atoms with van der Waals surface area (Å²) in [5.41, 5.74) is 0.912. The van der Waals surface area contributed by atoms with E-state index in [1.807, 2.05) is 30.3 Å². The first-order valence-corrected chi connectivity index (χ1v) is 8.09. The summed E-state index contributed by atoms with van der Waals surface area (Å²) in [6.45, 7) is 0.211. The first kappa shape index (κ1) is 14.8. The Morgan fingerprint density at radius 3 is 2.55 bits per heavy atom. The molecule has 0 heterocycles. The number of carbonyl (C=O) groups is 1. The fraction of sp³-hybridized carbons (Fsp3) is 0.462. The smallest absolute Gasteiger partial charge is 0.407 e. The number of ether oxygens (including phenoxy) is 1. The summed E-state index contributed by atoms with van der Waals surface area (Å²) in [6.07, 6.45) is 1.13. The lowest BCUT2D eigenvalue weighted by Gasteiger charge is -2.34. The van der Waals surface area contributed by atoms with Gasteiger partial charge in [0.25, 0.3) is 10.1 Å². The van der Waals surface area contributed by atoms with Crippen LogP contribution in [-0.2, 0) is 25.6 Å². The molecule has 1 aliphatic carbocycles. The van der Waals surface area contributed by atoms with Gasteiger partial charge in [-0.3, -0.25) is 4.18 Å². The molecule has 0 aliphatic heterocycles. The summed E-state index contributed by atoms with van der Waals surface area (Å²) in [5.74, 6) is 0. The number of nitrogens with one attached hydrogen (secondary N) is 1. The van der Waals surface area contributed by atoms with Crippen LogP contribution in [0.15, 0.2) is 30.3 Å². The molecule has 110 valence electrons. The van der Waals surface area contributed by atoms with Gasteiger partial charge >= 0.3 is 6.09 Å². The molecule has 0 bridgehead atoms. The van der Waals surface area contributed by atoms with Crippen molar-refractivity contribution in [1.29, 1.82) is 0 Å². The summed E-state index contributed by atoms with van der Waals surface area (Å²) in [7, 11) is -3.43. The molecule has 1 aromatic carbocycles. The van der Waals surface area contributed by atoms with Crippen molar-refractivity contribution >= 4 is 16.2 Å². The average Bonchev–Trinajstić information content (AvgIpc) is 2.33. The average molecular weight is 299 g/mol. The summed E-state index contributed by atoms with van der Waals surface area (Å²) in [5, 5.41) is 2.67. The summed E-state index contributed by atoms with van der Waals surface area (Å²) < 4.78 is 31.6. The molecule has 1 aliphatic rings. The summed E-state index contributed by atoms with van der Waals surface area (Å²) in [6, 6.07) is 9.27. The molecule has 1 amide bonds. The van der Waals surface area contributed by atoms with Crippen molar-refractivity contribution in [1.82, 2.24) is 5.32 Å². The lowest BCUT2D eigenvalue weighted by Crippen LogP contribution is -2.48. The predicted octanol–water partition coefficient (Wildman–Crippen LogP) is 1.42. The summed E-state index contributed by atoms with van der Waals surface area (Å²) in [4.78, 5) is 11.5. The monoisotopic (exact) mass is 299 g/mol. The van der Waals surface area contributed by atoms with Crippen molar-refractivity contribution in [2.75, 3.05) is 6.26 Å². The van der Waals surface area contributed by atoms with Gasteiger partial charge in [-0.05, 0) is 18.4 Å². The molecular weight excluding hydrogens is 282 g/mol. The van der Waals surface area contributed by atoms with Gasteiger partial charge in [-0.2, -0.15) is 8.42 Å². The highest BCUT2D eigenvalue weighted by molar-refractivity contribution is 7.86. The van der Waals surface area contributed by atoms with Crippen LogP contribution in [0.1, 0.15) is 18.4 Å². The maximum Gasteiger partial charge on any atom is 0.407 e. The Morgan fingerprint density at radius 1 is 1.30 bits per heavy atom. The van der Waals surface area contributed by atoms with Crippen LogP contribution in [0.3, 0.4) is 0 Å². The summed E-state index contributed by atoms with van der Waals surface area (Å²) >= 11 is 0. The molecule has 20 heavy (non-hydrogen) atoms. The third-order valence-corrected chi connectivity index (χ3v) is 3.56. The van der Waals surface area contributed by atoms with Crippen molar-refractivity contribution in [3.8, 4) is 0 Å². The number of benzene rings is 1. The van der Waals surface area contributed by atoms with Gasteiger partial charge in [0.1, 0.15) is 6.61 Å². The molecule has 0 spiro atoms. The van der Waals surface area contributed by atoms with E-state index in [0.29, 0.717) is 12.8 Å². The first-order valence-electron chi connectivity index (χ1n) is 6.28. The quantitative estimate of drug-likeness (QED) is 0.832. The van der Waals surface area contributed by atoms with Crippen molar-refractivity contribution in [3.63, 3.8) is 0 Å². The fourth-order valence-electron chi connectivity index (χ4n) is 1.94. The maximum atomic E-state index is 11.5. The number of alkyl carbamates (subject to hydrolysis) is 1. The Balaban J connectivity index is 1.65. The second-order valence-electron chi connectivity index (χ2n) is 4.80. The minimum Gasteiger partial charge on any atom is -0.445 e. The van der Waals surface area contributed by atoms with E-state index < -0.39 is 16.2 Å². The third kappa shape index (κ3) is 4.82. The molecule has 0 radical (unpaired) electrons. The van der Waals surface area contributed by atoms with Crippen LogP contribution < -0.4 is 5.32 Å². The van der Waals surface area contributed by atoms with Gasteiger partial charge in [-0.1, -0.05) is 30.3 Å². The predicted molar refractivity (Wildman–Crippen MR) is 72.5 cm³/mol. The molecule has 0 saturated heterocycles. The molecule has 1 N–H and O–H groups in total. The Labute approximate surface area is 118 Å². The van der Waals surface area contributed by atoms with Crippen molar-refractivity contribution in [2.45, 2.75) is 31.6 Å². The van der Waals surface area contributed by atoms with E-state index in [1.54, 1.807) is 0 Å². The topological polar surface area (TPSA) is 81.7 Å². The van der Waals surface area contributed by atoms with E-state index in [0.717, 1.165) is 11.8 Å². The van der Waals surface area contributed by atoms with E-state index in [1.165, 1.54) is 0 Å². The van der Waals surface area contributed by atoms with Gasteiger partial charge in [0, 0.05) is 6.04 Å². The van der Waals surface area contributed by atoms with Crippen LogP contribution in [0.5, 0.6) is 0 Å². The van der Waals surface area contributed by atoms with Gasteiger partial charge in [0.15, 0.2) is 0 Å². The van der Waals surface area contributed by atoms with E-state index >= 15 is 0 Å². The highest BCUT2D eigenvalue weighted by Gasteiger charge is 2.33. The maximum absolute atomic E-state index is 11.5. The zero-order valence-corrected chi connectivity index (χ0v) is 11.9. The number of rotatable bonds is 5. The van der Waals surface area contributed by atoms with Crippen LogP contribution in [-0.4, -0.2) is 32.9 Å². The largest absolute Gasteiger partial charge is 0.445 e. The molecule has 2 rings (SSSR count). The molecule has 6 nitrogen and oxygen atoms in total. The number of amides is 1. The molecule has 0 aromatic heterocycles. The molecular formula is C13H17NO5S.